The predicted octanol–water partition coefficient (Wildman–Crippen LogP) is 2.16. The fraction of sp³-hybridized carbons (Fsp3) is 0.842. The van der Waals surface area contributed by atoms with Gasteiger partial charge in [0.1, 0.15) is 6.54 Å². The molecule has 0 bridgehead atoms. The topological polar surface area (TPSA) is 94.6 Å². The van der Waals surface area contributed by atoms with E-state index in [-0.39, 0.29) is 47.9 Å². The minimum Gasteiger partial charge on any atom is -0.357 e. The molecule has 0 aliphatic heterocycles. The average Bonchev–Trinajstić information content (AvgIpc) is 2.55. The Balaban J connectivity index is 0.00000676. The highest BCUT2D eigenvalue weighted by Crippen LogP contribution is 2.25. The number of rotatable bonds is 8. The predicted molar refractivity (Wildman–Crippen MR) is 121 cm³/mol. The number of halogens is 1. The summed E-state index contributed by atoms with van der Waals surface area (Å²) in [5.74, 6) is 1.15. The van der Waals surface area contributed by atoms with Crippen LogP contribution in [0.5, 0.6) is 0 Å². The lowest BCUT2D eigenvalue weighted by molar-refractivity contribution is -0.122. The molecule has 1 rings (SSSR count). The lowest BCUT2D eigenvalue weighted by atomic mass is 9.87. The fourth-order valence-corrected chi connectivity index (χ4v) is 3.06. The molecule has 0 radical (unpaired) electrons. The van der Waals surface area contributed by atoms with Crippen LogP contribution >= 0.6 is 24.0 Å². The van der Waals surface area contributed by atoms with Gasteiger partial charge in [0, 0.05) is 31.6 Å². The zero-order valence-electron chi connectivity index (χ0n) is 17.3. The SMILES string of the molecule is CCNC(=NCC(=O)NC(C)(C)C)NCCNC(=O)CC1CCCCC1.I. The summed E-state index contributed by atoms with van der Waals surface area (Å²) in [6.45, 7) is 9.68. The van der Waals surface area contributed by atoms with Crippen LogP contribution in [0.25, 0.3) is 0 Å². The Morgan fingerprint density at radius 1 is 0.963 bits per heavy atom. The van der Waals surface area contributed by atoms with Gasteiger partial charge in [0.05, 0.1) is 0 Å². The van der Waals surface area contributed by atoms with Gasteiger partial charge in [0.15, 0.2) is 5.96 Å². The van der Waals surface area contributed by atoms with E-state index in [0.29, 0.717) is 37.9 Å². The van der Waals surface area contributed by atoms with Crippen molar-refractivity contribution in [3.63, 3.8) is 0 Å². The van der Waals surface area contributed by atoms with E-state index < -0.39 is 0 Å². The van der Waals surface area contributed by atoms with Crippen molar-refractivity contribution in [3.05, 3.63) is 0 Å². The van der Waals surface area contributed by atoms with E-state index in [0.717, 1.165) is 0 Å². The van der Waals surface area contributed by atoms with Crippen LogP contribution in [-0.4, -0.2) is 49.5 Å². The quantitative estimate of drug-likeness (QED) is 0.180. The van der Waals surface area contributed by atoms with Crippen molar-refractivity contribution in [1.82, 2.24) is 21.3 Å². The van der Waals surface area contributed by atoms with Crippen LogP contribution in [0.3, 0.4) is 0 Å². The first-order valence-corrected chi connectivity index (χ1v) is 9.90. The van der Waals surface area contributed by atoms with E-state index in [2.05, 4.69) is 26.3 Å². The number of aliphatic imine (C=N–C) groups is 1. The molecule has 1 saturated carbocycles. The van der Waals surface area contributed by atoms with Crippen molar-refractivity contribution < 1.29 is 9.59 Å². The smallest absolute Gasteiger partial charge is 0.242 e. The van der Waals surface area contributed by atoms with Gasteiger partial charge in [0.25, 0.3) is 0 Å². The summed E-state index contributed by atoms with van der Waals surface area (Å²) in [4.78, 5) is 28.1. The maximum Gasteiger partial charge on any atom is 0.242 e. The average molecular weight is 495 g/mol. The molecule has 27 heavy (non-hydrogen) atoms. The third kappa shape index (κ3) is 13.7. The van der Waals surface area contributed by atoms with E-state index in [1.165, 1.54) is 32.1 Å². The van der Waals surface area contributed by atoms with Crippen molar-refractivity contribution in [2.45, 2.75) is 71.8 Å². The van der Waals surface area contributed by atoms with Crippen molar-refractivity contribution in [1.29, 1.82) is 0 Å². The summed E-state index contributed by atoms with van der Waals surface area (Å²) in [5, 5.41) is 12.1. The highest BCUT2D eigenvalue weighted by molar-refractivity contribution is 14.0. The molecule has 0 aromatic heterocycles. The molecule has 0 saturated heterocycles. The molecule has 2 amide bonds. The number of hydrogen-bond donors (Lipinski definition) is 4. The third-order valence-corrected chi connectivity index (χ3v) is 4.18. The molecule has 1 aliphatic rings. The zero-order chi connectivity index (χ0) is 19.4. The van der Waals surface area contributed by atoms with Crippen LogP contribution in [0.2, 0.25) is 0 Å². The molecular formula is C19H38IN5O2. The van der Waals surface area contributed by atoms with E-state index in [9.17, 15) is 9.59 Å². The summed E-state index contributed by atoms with van der Waals surface area (Å²) >= 11 is 0. The van der Waals surface area contributed by atoms with E-state index in [4.69, 9.17) is 0 Å². The lowest BCUT2D eigenvalue weighted by Crippen LogP contribution is -2.44. The summed E-state index contributed by atoms with van der Waals surface area (Å²) in [6.07, 6.45) is 6.82. The van der Waals surface area contributed by atoms with Gasteiger partial charge in [-0.3, -0.25) is 9.59 Å². The van der Waals surface area contributed by atoms with E-state index >= 15 is 0 Å². The highest BCUT2D eigenvalue weighted by atomic mass is 127. The maximum atomic E-state index is 12.0. The summed E-state index contributed by atoms with van der Waals surface area (Å²) in [7, 11) is 0. The maximum absolute atomic E-state index is 12.0. The Morgan fingerprint density at radius 3 is 2.19 bits per heavy atom. The molecule has 0 spiro atoms. The Bertz CT molecular complexity index is 471. The number of guanidine groups is 1. The van der Waals surface area contributed by atoms with E-state index in [1.54, 1.807) is 0 Å². The van der Waals surface area contributed by atoms with Crippen LogP contribution in [-0.2, 0) is 9.59 Å². The normalized spacial score (nSPS) is 15.5. The molecule has 0 unspecified atom stereocenters. The number of carbonyl (C=O) groups is 2. The number of hydrogen-bond acceptors (Lipinski definition) is 3. The molecule has 8 heteroatoms. The molecule has 0 atom stereocenters. The standard InChI is InChI=1S/C19H37N5O2.HI/c1-5-20-18(23-14-17(26)24-19(2,3)4)22-12-11-21-16(25)13-15-9-7-6-8-10-15;/h15H,5-14H2,1-4H3,(H,21,25)(H,24,26)(H2,20,22,23);1H. The van der Waals surface area contributed by atoms with Gasteiger partial charge in [0.2, 0.25) is 11.8 Å². The van der Waals surface area contributed by atoms with Crippen LogP contribution in [0.4, 0.5) is 0 Å². The van der Waals surface area contributed by atoms with Crippen molar-refractivity contribution in [3.8, 4) is 0 Å². The Hall–Kier alpha value is -1.06. The second-order valence-corrected chi connectivity index (χ2v) is 7.98. The molecule has 4 N–H and O–H groups in total. The molecule has 1 fully saturated rings. The summed E-state index contributed by atoms with van der Waals surface area (Å²) in [5.41, 5.74) is -0.263. The minimum atomic E-state index is -0.263. The third-order valence-electron chi connectivity index (χ3n) is 4.18. The van der Waals surface area contributed by atoms with Crippen LogP contribution in [0.1, 0.15) is 66.2 Å². The summed E-state index contributed by atoms with van der Waals surface area (Å²) in [6, 6.07) is 0. The van der Waals surface area contributed by atoms with Gasteiger partial charge in [-0.25, -0.2) is 4.99 Å². The van der Waals surface area contributed by atoms with Gasteiger partial charge in [-0.15, -0.1) is 24.0 Å². The van der Waals surface area contributed by atoms with E-state index in [1.807, 2.05) is 27.7 Å². The molecule has 7 nitrogen and oxygen atoms in total. The van der Waals surface area contributed by atoms with Crippen LogP contribution < -0.4 is 21.3 Å². The Kier molecular flexibility index (Phi) is 13.5. The number of nitrogens with one attached hydrogen (secondary N) is 4. The van der Waals surface area contributed by atoms with Crippen molar-refractivity contribution in [2.24, 2.45) is 10.9 Å². The number of carbonyl (C=O) groups excluding carboxylic acids is 2. The van der Waals surface area contributed by atoms with Crippen molar-refractivity contribution in [2.75, 3.05) is 26.2 Å². The lowest BCUT2D eigenvalue weighted by Gasteiger charge is -2.21. The number of nitrogens with zero attached hydrogens (tertiary/aromatic N) is 1. The second kappa shape index (κ2) is 14.0. The molecule has 1 aliphatic carbocycles. The molecule has 0 aromatic rings. The first kappa shape index (κ1) is 25.9. The molecule has 158 valence electrons. The largest absolute Gasteiger partial charge is 0.357 e. The Morgan fingerprint density at radius 2 is 1.59 bits per heavy atom. The number of amides is 2. The van der Waals surface area contributed by atoms with Crippen LogP contribution in [0.15, 0.2) is 4.99 Å². The monoisotopic (exact) mass is 495 g/mol. The summed E-state index contributed by atoms with van der Waals surface area (Å²) < 4.78 is 0. The highest BCUT2D eigenvalue weighted by Gasteiger charge is 2.16. The van der Waals surface area contributed by atoms with Crippen LogP contribution in [0, 0.1) is 5.92 Å². The van der Waals surface area contributed by atoms with Gasteiger partial charge in [-0.05, 0) is 46.5 Å². The van der Waals surface area contributed by atoms with Crippen molar-refractivity contribution >= 4 is 41.8 Å². The van der Waals surface area contributed by atoms with Gasteiger partial charge < -0.3 is 21.3 Å². The fourth-order valence-electron chi connectivity index (χ4n) is 3.06. The zero-order valence-corrected chi connectivity index (χ0v) is 19.7. The van der Waals surface area contributed by atoms with Gasteiger partial charge >= 0.3 is 0 Å². The molecular weight excluding hydrogens is 457 g/mol. The first-order chi connectivity index (χ1) is 12.3. The second-order valence-electron chi connectivity index (χ2n) is 7.98. The van der Waals surface area contributed by atoms with Gasteiger partial charge in [-0.2, -0.15) is 0 Å². The minimum absolute atomic E-state index is 0. The molecule has 0 heterocycles. The molecule has 0 aromatic carbocycles. The first-order valence-electron chi connectivity index (χ1n) is 9.90. The Labute approximate surface area is 181 Å². The van der Waals surface area contributed by atoms with Gasteiger partial charge in [-0.1, -0.05) is 19.3 Å².